The number of hydrogen-bond donors (Lipinski definition) is 2. The van der Waals surface area contributed by atoms with Crippen molar-refractivity contribution in [2.75, 3.05) is 11.1 Å². The van der Waals surface area contributed by atoms with Crippen LogP contribution < -0.4 is 10.6 Å². The van der Waals surface area contributed by atoms with Gasteiger partial charge >= 0.3 is 0 Å². The number of anilines is 1. The molecule has 0 spiro atoms. The predicted octanol–water partition coefficient (Wildman–Crippen LogP) is 5.18. The Labute approximate surface area is 215 Å². The average molecular weight is 525 g/mol. The van der Waals surface area contributed by atoms with E-state index in [0.29, 0.717) is 27.5 Å². The Hall–Kier alpha value is -3.28. The van der Waals surface area contributed by atoms with Gasteiger partial charge in [0.15, 0.2) is 16.1 Å². The molecule has 0 aliphatic heterocycles. The zero-order chi connectivity index (χ0) is 24.8. The van der Waals surface area contributed by atoms with Gasteiger partial charge in [-0.15, -0.1) is 39.4 Å². The molecule has 0 bridgehead atoms. The number of amides is 2. The number of carbonyl (C=O) groups excluding carboxylic acids is 2. The van der Waals surface area contributed by atoms with Crippen LogP contribution in [0.4, 0.5) is 5.13 Å². The van der Waals surface area contributed by atoms with Crippen molar-refractivity contribution in [1.82, 2.24) is 25.1 Å². The Morgan fingerprint density at radius 1 is 1.20 bits per heavy atom. The first-order chi connectivity index (χ1) is 17.0. The van der Waals surface area contributed by atoms with Gasteiger partial charge in [-0.3, -0.25) is 9.59 Å². The fourth-order valence-corrected chi connectivity index (χ4v) is 5.60. The molecule has 180 valence electrons. The zero-order valence-electron chi connectivity index (χ0n) is 19.2. The molecular weight excluding hydrogens is 501 g/mol. The summed E-state index contributed by atoms with van der Waals surface area (Å²) in [6, 6.07) is 13.1. The van der Waals surface area contributed by atoms with Crippen molar-refractivity contribution in [1.29, 1.82) is 0 Å². The second kappa shape index (κ2) is 11.4. The molecule has 4 aromatic rings. The maximum atomic E-state index is 12.6. The molecule has 3 heterocycles. The predicted molar refractivity (Wildman–Crippen MR) is 142 cm³/mol. The lowest BCUT2D eigenvalue weighted by atomic mass is 10.1. The molecule has 1 aromatic carbocycles. The van der Waals surface area contributed by atoms with E-state index in [1.165, 1.54) is 34.4 Å². The van der Waals surface area contributed by atoms with E-state index < -0.39 is 0 Å². The molecule has 8 nitrogen and oxygen atoms in total. The normalized spacial score (nSPS) is 11.7. The van der Waals surface area contributed by atoms with Crippen LogP contribution >= 0.6 is 34.4 Å². The third kappa shape index (κ3) is 6.05. The Morgan fingerprint density at radius 2 is 2.00 bits per heavy atom. The van der Waals surface area contributed by atoms with Gasteiger partial charge in [0.1, 0.15) is 0 Å². The van der Waals surface area contributed by atoms with E-state index in [2.05, 4.69) is 32.4 Å². The summed E-state index contributed by atoms with van der Waals surface area (Å²) in [7, 11) is 0. The summed E-state index contributed by atoms with van der Waals surface area (Å²) in [5, 5.41) is 17.3. The maximum Gasteiger partial charge on any atom is 0.261 e. The van der Waals surface area contributed by atoms with Crippen molar-refractivity contribution in [3.63, 3.8) is 0 Å². The number of thiazole rings is 1. The minimum Gasteiger partial charge on any atom is -0.342 e. The number of aromatic nitrogens is 4. The second-order valence-electron chi connectivity index (χ2n) is 7.54. The van der Waals surface area contributed by atoms with Crippen LogP contribution in [0.5, 0.6) is 0 Å². The van der Waals surface area contributed by atoms with E-state index in [-0.39, 0.29) is 23.6 Å². The highest BCUT2D eigenvalue weighted by Gasteiger charge is 2.21. The van der Waals surface area contributed by atoms with E-state index in [1.807, 2.05) is 60.2 Å². The molecule has 2 amide bonds. The van der Waals surface area contributed by atoms with Crippen LogP contribution in [0.25, 0.3) is 11.3 Å². The third-order valence-corrected chi connectivity index (χ3v) is 7.68. The Balaban J connectivity index is 1.39. The summed E-state index contributed by atoms with van der Waals surface area (Å²) >= 11 is 4.09. The van der Waals surface area contributed by atoms with Gasteiger partial charge in [-0.2, -0.15) is 0 Å². The summed E-state index contributed by atoms with van der Waals surface area (Å²) in [5.41, 5.74) is 1.88. The highest BCUT2D eigenvalue weighted by molar-refractivity contribution is 7.99. The first-order valence-electron chi connectivity index (χ1n) is 10.8. The van der Waals surface area contributed by atoms with Gasteiger partial charge in [0.2, 0.25) is 5.91 Å². The number of carbonyl (C=O) groups is 2. The van der Waals surface area contributed by atoms with E-state index in [1.54, 1.807) is 12.1 Å². The first kappa shape index (κ1) is 24.8. The van der Waals surface area contributed by atoms with Gasteiger partial charge in [-0.05, 0) is 25.3 Å². The molecule has 2 N–H and O–H groups in total. The van der Waals surface area contributed by atoms with Crippen LogP contribution in [0.1, 0.15) is 33.3 Å². The van der Waals surface area contributed by atoms with Crippen molar-refractivity contribution in [2.45, 2.75) is 31.6 Å². The number of nitrogens with one attached hydrogen (secondary N) is 2. The molecule has 3 aromatic heterocycles. The number of benzene rings is 1. The molecule has 0 aliphatic rings. The van der Waals surface area contributed by atoms with Crippen LogP contribution in [0.3, 0.4) is 0 Å². The lowest BCUT2D eigenvalue weighted by Gasteiger charge is -2.14. The molecule has 4 rings (SSSR count). The van der Waals surface area contributed by atoms with Crippen LogP contribution in [-0.4, -0.2) is 37.3 Å². The van der Waals surface area contributed by atoms with Gasteiger partial charge in [0.25, 0.3) is 5.91 Å². The minimum atomic E-state index is -0.366. The van der Waals surface area contributed by atoms with Gasteiger partial charge < -0.3 is 15.2 Å². The Bertz CT molecular complexity index is 1310. The molecule has 0 radical (unpaired) electrons. The van der Waals surface area contributed by atoms with E-state index in [0.717, 1.165) is 16.1 Å². The molecular formula is C24H24N6O2S3. The van der Waals surface area contributed by atoms with Crippen molar-refractivity contribution >= 4 is 51.4 Å². The Kier molecular flexibility index (Phi) is 8.11. The number of hydrogen-bond acceptors (Lipinski definition) is 8. The molecule has 0 saturated carbocycles. The van der Waals surface area contributed by atoms with Crippen molar-refractivity contribution in [2.24, 2.45) is 0 Å². The third-order valence-electron chi connectivity index (χ3n) is 4.96. The lowest BCUT2D eigenvalue weighted by Crippen LogP contribution is -2.28. The Morgan fingerprint density at radius 3 is 2.71 bits per heavy atom. The topological polar surface area (TPSA) is 102 Å². The highest BCUT2D eigenvalue weighted by atomic mass is 32.2. The van der Waals surface area contributed by atoms with E-state index in [9.17, 15) is 9.59 Å². The van der Waals surface area contributed by atoms with Gasteiger partial charge in [0.05, 0.1) is 22.4 Å². The quantitative estimate of drug-likeness (QED) is 0.219. The lowest BCUT2D eigenvalue weighted by molar-refractivity contribution is -0.113. The minimum absolute atomic E-state index is 0.143. The number of thioether (sulfide) groups is 1. The van der Waals surface area contributed by atoms with Crippen LogP contribution in [-0.2, 0) is 11.3 Å². The van der Waals surface area contributed by atoms with Gasteiger partial charge in [-0.25, -0.2) is 4.98 Å². The average Bonchev–Trinajstić information content (AvgIpc) is 3.59. The molecule has 35 heavy (non-hydrogen) atoms. The summed E-state index contributed by atoms with van der Waals surface area (Å²) in [5.74, 6) is 0.394. The number of nitrogens with zero attached hydrogens (tertiary/aromatic N) is 4. The molecule has 0 saturated heterocycles. The molecule has 1 atom stereocenters. The smallest absolute Gasteiger partial charge is 0.261 e. The zero-order valence-corrected chi connectivity index (χ0v) is 21.7. The van der Waals surface area contributed by atoms with Crippen LogP contribution in [0.15, 0.2) is 65.7 Å². The molecule has 0 unspecified atom stereocenters. The van der Waals surface area contributed by atoms with Crippen molar-refractivity contribution < 1.29 is 9.59 Å². The van der Waals surface area contributed by atoms with E-state index >= 15 is 0 Å². The molecule has 11 heteroatoms. The van der Waals surface area contributed by atoms with Crippen molar-refractivity contribution in [3.8, 4) is 11.3 Å². The summed E-state index contributed by atoms with van der Waals surface area (Å²) in [6.07, 6.45) is 1.73. The second-order valence-corrected chi connectivity index (χ2v) is 10.6. The summed E-state index contributed by atoms with van der Waals surface area (Å²) in [6.45, 7) is 8.10. The SMILES string of the molecule is C=CCn1c(SCC(=O)Nc2nc(-c3ccccc3)c(C)s2)nnc1[C@H](C)NC(=O)c1cccs1. The summed E-state index contributed by atoms with van der Waals surface area (Å²) in [4.78, 5) is 31.3. The van der Waals surface area contributed by atoms with E-state index in [4.69, 9.17) is 0 Å². The number of allylic oxidation sites excluding steroid dienone is 1. The standard InChI is InChI=1S/C24H24N6O2S3/c1-4-12-30-21(15(2)25-22(32)18-11-8-13-33-18)28-29-24(30)34-14-19(31)26-23-27-20(16(3)35-23)17-9-6-5-7-10-17/h4-11,13,15H,1,12,14H2,2-3H3,(H,25,32)(H,26,27,31)/t15-/m0/s1. The first-order valence-corrected chi connectivity index (χ1v) is 13.5. The largest absolute Gasteiger partial charge is 0.342 e. The number of rotatable bonds is 10. The number of thiophene rings is 1. The van der Waals surface area contributed by atoms with Crippen molar-refractivity contribution in [3.05, 3.63) is 76.1 Å². The summed E-state index contributed by atoms with van der Waals surface area (Å²) < 4.78 is 1.85. The van der Waals surface area contributed by atoms with Gasteiger partial charge in [-0.1, -0.05) is 54.2 Å². The van der Waals surface area contributed by atoms with Crippen LogP contribution in [0.2, 0.25) is 0 Å². The number of aryl methyl sites for hydroxylation is 1. The molecule has 0 fully saturated rings. The van der Waals surface area contributed by atoms with Gasteiger partial charge in [0, 0.05) is 17.0 Å². The fraction of sp³-hybridized carbons (Fsp3) is 0.208. The monoisotopic (exact) mass is 524 g/mol. The molecule has 0 aliphatic carbocycles. The fourth-order valence-electron chi connectivity index (χ4n) is 3.37. The van der Waals surface area contributed by atoms with Crippen LogP contribution in [0, 0.1) is 6.92 Å². The highest BCUT2D eigenvalue weighted by Crippen LogP contribution is 2.30. The maximum absolute atomic E-state index is 12.6.